The predicted octanol–water partition coefficient (Wildman–Crippen LogP) is 1.40. The SMILES string of the molecule is O=C(O)c1cc(-c2cccc([N+](=O)[O-])c2)nc2ncnn12. The van der Waals surface area contributed by atoms with Crippen LogP contribution >= 0.6 is 0 Å². The predicted molar refractivity (Wildman–Crippen MR) is 69.8 cm³/mol. The molecule has 1 N–H and O–H groups in total. The van der Waals surface area contributed by atoms with E-state index in [9.17, 15) is 20.0 Å². The number of carboxylic acids is 1. The lowest BCUT2D eigenvalue weighted by molar-refractivity contribution is -0.384. The maximum absolute atomic E-state index is 11.2. The monoisotopic (exact) mass is 285 g/mol. The van der Waals surface area contributed by atoms with Gasteiger partial charge < -0.3 is 5.11 Å². The average molecular weight is 285 g/mol. The number of benzene rings is 1. The number of non-ortho nitro benzene ring substituents is 1. The number of aromatic nitrogens is 4. The molecule has 2 aromatic heterocycles. The molecule has 0 aliphatic rings. The van der Waals surface area contributed by atoms with Crippen LogP contribution in [-0.2, 0) is 0 Å². The fraction of sp³-hybridized carbons (Fsp3) is 0. The van der Waals surface area contributed by atoms with Crippen molar-refractivity contribution in [2.24, 2.45) is 0 Å². The molecule has 0 saturated heterocycles. The molecule has 0 aliphatic heterocycles. The topological polar surface area (TPSA) is 124 Å². The molecule has 3 rings (SSSR count). The highest BCUT2D eigenvalue weighted by molar-refractivity contribution is 5.87. The van der Waals surface area contributed by atoms with Gasteiger partial charge in [-0.05, 0) is 6.07 Å². The zero-order valence-corrected chi connectivity index (χ0v) is 10.4. The number of nitro groups is 1. The van der Waals surface area contributed by atoms with Gasteiger partial charge in [0.25, 0.3) is 11.5 Å². The van der Waals surface area contributed by atoms with Crippen LogP contribution in [0.25, 0.3) is 17.0 Å². The summed E-state index contributed by atoms with van der Waals surface area (Å²) in [5.74, 6) is -1.09. The number of nitrogens with zero attached hydrogens (tertiary/aromatic N) is 5. The van der Waals surface area contributed by atoms with Gasteiger partial charge >= 0.3 is 5.97 Å². The first-order valence-corrected chi connectivity index (χ1v) is 5.75. The van der Waals surface area contributed by atoms with E-state index in [1.54, 1.807) is 6.07 Å². The van der Waals surface area contributed by atoms with E-state index in [2.05, 4.69) is 15.1 Å². The standard InChI is InChI=1S/C12H7N5O4/c18-11(19)10-5-9(15-12-13-6-14-16(10)12)7-2-1-3-8(4-7)17(20)21/h1-6H,(H,18,19). The van der Waals surface area contributed by atoms with Crippen molar-refractivity contribution in [1.82, 2.24) is 19.6 Å². The quantitative estimate of drug-likeness (QED) is 0.569. The van der Waals surface area contributed by atoms with Crippen LogP contribution in [0.1, 0.15) is 10.5 Å². The van der Waals surface area contributed by atoms with Gasteiger partial charge in [0.15, 0.2) is 5.69 Å². The molecule has 9 heteroatoms. The van der Waals surface area contributed by atoms with Crippen molar-refractivity contribution in [3.05, 3.63) is 52.5 Å². The van der Waals surface area contributed by atoms with Gasteiger partial charge in [-0.1, -0.05) is 12.1 Å². The van der Waals surface area contributed by atoms with Crippen molar-refractivity contribution in [2.45, 2.75) is 0 Å². The summed E-state index contributed by atoms with van der Waals surface area (Å²) in [5, 5.41) is 23.8. The zero-order chi connectivity index (χ0) is 15.0. The van der Waals surface area contributed by atoms with E-state index < -0.39 is 10.9 Å². The minimum atomic E-state index is -1.19. The van der Waals surface area contributed by atoms with Crippen LogP contribution in [0.5, 0.6) is 0 Å². The second-order valence-corrected chi connectivity index (χ2v) is 4.11. The molecule has 9 nitrogen and oxygen atoms in total. The Balaban J connectivity index is 2.23. The molecular weight excluding hydrogens is 278 g/mol. The molecule has 0 bridgehead atoms. The first-order valence-electron chi connectivity index (χ1n) is 5.75. The van der Waals surface area contributed by atoms with Crippen molar-refractivity contribution in [1.29, 1.82) is 0 Å². The Bertz CT molecular complexity index is 873. The van der Waals surface area contributed by atoms with Crippen LogP contribution in [0.3, 0.4) is 0 Å². The van der Waals surface area contributed by atoms with E-state index in [-0.39, 0.29) is 22.9 Å². The summed E-state index contributed by atoms with van der Waals surface area (Å²) in [7, 11) is 0. The fourth-order valence-corrected chi connectivity index (χ4v) is 1.89. The first-order chi connectivity index (χ1) is 10.1. The Hall–Kier alpha value is -3.36. The van der Waals surface area contributed by atoms with Gasteiger partial charge in [0.2, 0.25) is 0 Å². The van der Waals surface area contributed by atoms with Crippen LogP contribution in [0.2, 0.25) is 0 Å². The molecule has 104 valence electrons. The number of hydrogen-bond donors (Lipinski definition) is 1. The Kier molecular flexibility index (Phi) is 2.79. The largest absolute Gasteiger partial charge is 0.477 e. The van der Waals surface area contributed by atoms with Crippen LogP contribution in [0.15, 0.2) is 36.7 Å². The number of fused-ring (bicyclic) bond motifs is 1. The lowest BCUT2D eigenvalue weighted by Gasteiger charge is -2.04. The number of aromatic carboxylic acids is 1. The van der Waals surface area contributed by atoms with E-state index in [1.165, 1.54) is 30.6 Å². The van der Waals surface area contributed by atoms with E-state index in [0.29, 0.717) is 5.56 Å². The highest BCUT2D eigenvalue weighted by atomic mass is 16.6. The Labute approximate surface area is 116 Å². The average Bonchev–Trinajstić information content (AvgIpc) is 2.94. The Morgan fingerprint density at radius 3 is 2.86 bits per heavy atom. The third kappa shape index (κ3) is 2.16. The molecule has 0 amide bonds. The van der Waals surface area contributed by atoms with Gasteiger partial charge in [-0.3, -0.25) is 10.1 Å². The molecule has 0 atom stereocenters. The second kappa shape index (κ2) is 4.63. The van der Waals surface area contributed by atoms with Crippen molar-refractivity contribution in [2.75, 3.05) is 0 Å². The van der Waals surface area contributed by atoms with Gasteiger partial charge in [-0.2, -0.15) is 14.6 Å². The molecule has 2 heterocycles. The molecule has 0 radical (unpaired) electrons. The smallest absolute Gasteiger partial charge is 0.354 e. The summed E-state index contributed by atoms with van der Waals surface area (Å²) >= 11 is 0. The second-order valence-electron chi connectivity index (χ2n) is 4.11. The number of carbonyl (C=O) groups is 1. The molecule has 0 saturated carbocycles. The molecule has 1 aromatic carbocycles. The molecule has 0 aliphatic carbocycles. The van der Waals surface area contributed by atoms with Gasteiger partial charge in [0.05, 0.1) is 10.6 Å². The number of nitro benzene ring substituents is 1. The van der Waals surface area contributed by atoms with Crippen molar-refractivity contribution in [3.8, 4) is 11.3 Å². The lowest BCUT2D eigenvalue weighted by Crippen LogP contribution is -2.08. The Morgan fingerprint density at radius 1 is 1.33 bits per heavy atom. The van der Waals surface area contributed by atoms with Gasteiger partial charge in [-0.15, -0.1) is 0 Å². The maximum atomic E-state index is 11.2. The van der Waals surface area contributed by atoms with E-state index in [4.69, 9.17) is 0 Å². The molecule has 0 fully saturated rings. The molecule has 3 aromatic rings. The van der Waals surface area contributed by atoms with Crippen LogP contribution in [0.4, 0.5) is 5.69 Å². The summed E-state index contributed by atoms with van der Waals surface area (Å²) in [6.07, 6.45) is 1.19. The summed E-state index contributed by atoms with van der Waals surface area (Å²) < 4.78 is 1.09. The lowest BCUT2D eigenvalue weighted by atomic mass is 10.1. The molecular formula is C12H7N5O4. The van der Waals surface area contributed by atoms with Crippen molar-refractivity contribution < 1.29 is 14.8 Å². The highest BCUT2D eigenvalue weighted by Gasteiger charge is 2.15. The fourth-order valence-electron chi connectivity index (χ4n) is 1.89. The van der Waals surface area contributed by atoms with E-state index in [0.717, 1.165) is 4.52 Å². The normalized spacial score (nSPS) is 10.7. The van der Waals surface area contributed by atoms with Crippen LogP contribution in [0, 0.1) is 10.1 Å². The van der Waals surface area contributed by atoms with Crippen molar-refractivity contribution in [3.63, 3.8) is 0 Å². The first kappa shape index (κ1) is 12.7. The van der Waals surface area contributed by atoms with Gasteiger partial charge in [0.1, 0.15) is 6.33 Å². The highest BCUT2D eigenvalue weighted by Crippen LogP contribution is 2.23. The van der Waals surface area contributed by atoms with Gasteiger partial charge in [0, 0.05) is 17.7 Å². The minimum Gasteiger partial charge on any atom is -0.477 e. The number of rotatable bonds is 3. The molecule has 0 spiro atoms. The minimum absolute atomic E-state index is 0.104. The third-order valence-electron chi connectivity index (χ3n) is 2.82. The number of hydrogen-bond acceptors (Lipinski definition) is 6. The number of carboxylic acid groups (broad SMARTS) is 1. The van der Waals surface area contributed by atoms with Crippen LogP contribution in [-0.4, -0.2) is 35.6 Å². The third-order valence-corrected chi connectivity index (χ3v) is 2.82. The van der Waals surface area contributed by atoms with Gasteiger partial charge in [-0.25, -0.2) is 9.78 Å². The summed E-state index contributed by atoms with van der Waals surface area (Å²) in [6.45, 7) is 0. The maximum Gasteiger partial charge on any atom is 0.354 e. The summed E-state index contributed by atoms with van der Waals surface area (Å²) in [6, 6.07) is 7.07. The molecule has 0 unspecified atom stereocenters. The van der Waals surface area contributed by atoms with E-state index in [1.807, 2.05) is 0 Å². The van der Waals surface area contributed by atoms with E-state index >= 15 is 0 Å². The van der Waals surface area contributed by atoms with Crippen LogP contribution < -0.4 is 0 Å². The summed E-state index contributed by atoms with van der Waals surface area (Å²) in [5.41, 5.74) is 0.473. The zero-order valence-electron chi connectivity index (χ0n) is 10.4. The van der Waals surface area contributed by atoms with Crippen molar-refractivity contribution >= 4 is 17.4 Å². The Morgan fingerprint density at radius 2 is 2.14 bits per heavy atom. The molecule has 21 heavy (non-hydrogen) atoms. The summed E-state index contributed by atoms with van der Waals surface area (Å²) in [4.78, 5) is 29.5.